The summed E-state index contributed by atoms with van der Waals surface area (Å²) in [6.07, 6.45) is -1.22. The summed E-state index contributed by atoms with van der Waals surface area (Å²) in [5.41, 5.74) is -0.409. The third kappa shape index (κ3) is 3.30. The highest BCUT2D eigenvalue weighted by Crippen LogP contribution is 2.40. The SMILES string of the molecule is CCC1CCC(Nc2ccc(Br)cc2C(F)(F)F)C1C. The van der Waals surface area contributed by atoms with Crippen LogP contribution in [0, 0.1) is 11.8 Å². The number of halogens is 4. The highest BCUT2D eigenvalue weighted by molar-refractivity contribution is 9.10. The van der Waals surface area contributed by atoms with Crippen molar-refractivity contribution in [3.63, 3.8) is 0 Å². The molecule has 1 aliphatic rings. The summed E-state index contributed by atoms with van der Waals surface area (Å²) in [7, 11) is 0. The molecule has 1 aromatic carbocycles. The van der Waals surface area contributed by atoms with Gasteiger partial charge in [-0.3, -0.25) is 0 Å². The molecule has 0 spiro atoms. The zero-order valence-corrected chi connectivity index (χ0v) is 13.2. The average Bonchev–Trinajstić information content (AvgIpc) is 2.71. The second-order valence-electron chi connectivity index (χ2n) is 5.54. The first-order valence-corrected chi connectivity index (χ1v) is 7.75. The average molecular weight is 350 g/mol. The van der Waals surface area contributed by atoms with Gasteiger partial charge in [0.1, 0.15) is 0 Å². The Morgan fingerprint density at radius 3 is 2.55 bits per heavy atom. The van der Waals surface area contributed by atoms with Gasteiger partial charge in [0.15, 0.2) is 0 Å². The fourth-order valence-corrected chi connectivity index (χ4v) is 3.47. The molecule has 112 valence electrons. The molecule has 20 heavy (non-hydrogen) atoms. The number of hydrogen-bond donors (Lipinski definition) is 1. The van der Waals surface area contributed by atoms with E-state index in [1.54, 1.807) is 6.07 Å². The third-order valence-electron chi connectivity index (χ3n) is 4.38. The van der Waals surface area contributed by atoms with E-state index >= 15 is 0 Å². The molecule has 0 amide bonds. The first-order valence-electron chi connectivity index (χ1n) is 6.96. The number of rotatable bonds is 3. The molecule has 0 saturated heterocycles. The molecule has 1 fully saturated rings. The lowest BCUT2D eigenvalue weighted by molar-refractivity contribution is -0.137. The van der Waals surface area contributed by atoms with Gasteiger partial charge in [0.05, 0.1) is 5.56 Å². The fraction of sp³-hybridized carbons (Fsp3) is 0.600. The molecule has 0 aliphatic heterocycles. The van der Waals surface area contributed by atoms with Gasteiger partial charge in [-0.2, -0.15) is 13.2 Å². The van der Waals surface area contributed by atoms with Crippen LogP contribution in [-0.2, 0) is 6.18 Å². The molecule has 0 radical (unpaired) electrons. The predicted octanol–water partition coefficient (Wildman–Crippen LogP) is 5.70. The Balaban J connectivity index is 2.22. The van der Waals surface area contributed by atoms with Crippen LogP contribution in [0.4, 0.5) is 18.9 Å². The number of anilines is 1. The molecule has 0 heterocycles. The van der Waals surface area contributed by atoms with Gasteiger partial charge >= 0.3 is 6.18 Å². The predicted molar refractivity (Wildman–Crippen MR) is 78.7 cm³/mol. The monoisotopic (exact) mass is 349 g/mol. The minimum atomic E-state index is -4.34. The standard InChI is InChI=1S/C15H19BrF3N/c1-3-10-4-6-13(9(10)2)20-14-7-5-11(16)8-12(14)15(17,18)19/h5,7-10,13,20H,3-4,6H2,1-2H3. The van der Waals surface area contributed by atoms with E-state index in [-0.39, 0.29) is 11.7 Å². The van der Waals surface area contributed by atoms with Crippen LogP contribution in [0.5, 0.6) is 0 Å². The molecular weight excluding hydrogens is 331 g/mol. The van der Waals surface area contributed by atoms with Crippen LogP contribution in [0.15, 0.2) is 22.7 Å². The molecule has 1 saturated carbocycles. The van der Waals surface area contributed by atoms with Gasteiger partial charge in [-0.1, -0.05) is 36.2 Å². The summed E-state index contributed by atoms with van der Waals surface area (Å²) in [6.45, 7) is 4.27. The minimum absolute atomic E-state index is 0.127. The maximum Gasteiger partial charge on any atom is 0.418 e. The number of nitrogens with one attached hydrogen (secondary N) is 1. The second-order valence-corrected chi connectivity index (χ2v) is 6.46. The van der Waals surface area contributed by atoms with E-state index in [1.165, 1.54) is 6.07 Å². The van der Waals surface area contributed by atoms with Gasteiger partial charge < -0.3 is 5.32 Å². The van der Waals surface area contributed by atoms with Crippen LogP contribution in [0.3, 0.4) is 0 Å². The fourth-order valence-electron chi connectivity index (χ4n) is 3.10. The van der Waals surface area contributed by atoms with Gasteiger partial charge in [0.2, 0.25) is 0 Å². The van der Waals surface area contributed by atoms with E-state index < -0.39 is 11.7 Å². The van der Waals surface area contributed by atoms with E-state index in [9.17, 15) is 13.2 Å². The molecular formula is C15H19BrF3N. The topological polar surface area (TPSA) is 12.0 Å². The Morgan fingerprint density at radius 1 is 1.30 bits per heavy atom. The Hall–Kier alpha value is -0.710. The molecule has 1 N–H and O–H groups in total. The molecule has 3 unspecified atom stereocenters. The van der Waals surface area contributed by atoms with E-state index in [1.807, 2.05) is 0 Å². The summed E-state index contributed by atoms with van der Waals surface area (Å²) in [5, 5.41) is 3.12. The molecule has 5 heteroatoms. The van der Waals surface area contributed by atoms with Gasteiger partial charge in [0, 0.05) is 16.2 Å². The van der Waals surface area contributed by atoms with Crippen molar-refractivity contribution in [2.45, 2.75) is 45.3 Å². The lowest BCUT2D eigenvalue weighted by atomic mass is 9.93. The summed E-state index contributed by atoms with van der Waals surface area (Å²) in [6, 6.07) is 4.43. The molecule has 1 aromatic rings. The third-order valence-corrected chi connectivity index (χ3v) is 4.87. The molecule has 3 atom stereocenters. The maximum absolute atomic E-state index is 13.1. The normalized spacial score (nSPS) is 26.8. The van der Waals surface area contributed by atoms with Crippen LogP contribution < -0.4 is 5.32 Å². The van der Waals surface area contributed by atoms with Crippen molar-refractivity contribution in [2.24, 2.45) is 11.8 Å². The molecule has 1 aliphatic carbocycles. The number of hydrogen-bond acceptors (Lipinski definition) is 1. The van der Waals surface area contributed by atoms with Crippen molar-refractivity contribution in [1.29, 1.82) is 0 Å². The van der Waals surface area contributed by atoms with Gasteiger partial charge in [-0.25, -0.2) is 0 Å². The van der Waals surface area contributed by atoms with E-state index in [2.05, 4.69) is 35.1 Å². The van der Waals surface area contributed by atoms with Crippen molar-refractivity contribution in [2.75, 3.05) is 5.32 Å². The first kappa shape index (κ1) is 15.7. The number of alkyl halides is 3. The van der Waals surface area contributed by atoms with Gasteiger partial charge in [-0.05, 0) is 42.9 Å². The maximum atomic E-state index is 13.1. The summed E-state index contributed by atoms with van der Waals surface area (Å²) in [5.74, 6) is 1.02. The highest BCUT2D eigenvalue weighted by Gasteiger charge is 2.36. The molecule has 2 rings (SSSR count). The second kappa shape index (κ2) is 5.96. The quantitative estimate of drug-likeness (QED) is 0.737. The number of benzene rings is 1. The Bertz CT molecular complexity index is 473. The Kier molecular flexibility index (Phi) is 4.67. The first-order chi connectivity index (χ1) is 9.32. The van der Waals surface area contributed by atoms with Crippen LogP contribution in [0.25, 0.3) is 0 Å². The van der Waals surface area contributed by atoms with Crippen LogP contribution in [-0.4, -0.2) is 6.04 Å². The van der Waals surface area contributed by atoms with Crippen LogP contribution in [0.2, 0.25) is 0 Å². The zero-order valence-electron chi connectivity index (χ0n) is 11.6. The summed E-state index contributed by atoms with van der Waals surface area (Å²) in [4.78, 5) is 0. The largest absolute Gasteiger partial charge is 0.418 e. The lowest BCUT2D eigenvalue weighted by Gasteiger charge is -2.24. The highest BCUT2D eigenvalue weighted by atomic mass is 79.9. The van der Waals surface area contributed by atoms with Gasteiger partial charge in [-0.15, -0.1) is 0 Å². The van der Waals surface area contributed by atoms with Crippen molar-refractivity contribution in [1.82, 2.24) is 0 Å². The van der Waals surface area contributed by atoms with E-state index in [0.29, 0.717) is 16.3 Å². The van der Waals surface area contributed by atoms with Crippen LogP contribution >= 0.6 is 15.9 Å². The smallest absolute Gasteiger partial charge is 0.382 e. The summed E-state index contributed by atoms with van der Waals surface area (Å²) < 4.78 is 39.7. The summed E-state index contributed by atoms with van der Waals surface area (Å²) >= 11 is 3.11. The van der Waals surface area contributed by atoms with Crippen molar-refractivity contribution in [3.8, 4) is 0 Å². The van der Waals surface area contributed by atoms with E-state index in [4.69, 9.17) is 0 Å². The Labute approximate surface area is 126 Å². The Morgan fingerprint density at radius 2 is 2.00 bits per heavy atom. The lowest BCUT2D eigenvalue weighted by Crippen LogP contribution is -2.26. The minimum Gasteiger partial charge on any atom is -0.382 e. The zero-order chi connectivity index (χ0) is 14.9. The molecule has 0 aromatic heterocycles. The van der Waals surface area contributed by atoms with E-state index in [0.717, 1.165) is 25.3 Å². The van der Waals surface area contributed by atoms with Crippen LogP contribution in [0.1, 0.15) is 38.7 Å². The van der Waals surface area contributed by atoms with Crippen molar-refractivity contribution in [3.05, 3.63) is 28.2 Å². The van der Waals surface area contributed by atoms with Gasteiger partial charge in [0.25, 0.3) is 0 Å². The molecule has 1 nitrogen and oxygen atoms in total. The molecule has 0 bridgehead atoms. The van der Waals surface area contributed by atoms with Crippen molar-refractivity contribution < 1.29 is 13.2 Å². The van der Waals surface area contributed by atoms with Crippen molar-refractivity contribution >= 4 is 21.6 Å².